The van der Waals surface area contributed by atoms with Crippen molar-refractivity contribution in [2.24, 2.45) is 0 Å². The number of nitrogens with one attached hydrogen (secondary N) is 1. The van der Waals surface area contributed by atoms with Crippen molar-refractivity contribution in [2.45, 2.75) is 13.3 Å². The van der Waals surface area contributed by atoms with E-state index >= 15 is 0 Å². The minimum absolute atomic E-state index is 0.123. The van der Waals surface area contributed by atoms with Crippen LogP contribution < -0.4 is 10.9 Å². The van der Waals surface area contributed by atoms with Crippen LogP contribution in [0.25, 0.3) is 5.69 Å². The zero-order valence-electron chi connectivity index (χ0n) is 14.3. The van der Waals surface area contributed by atoms with Crippen LogP contribution in [0.15, 0.2) is 65.5 Å². The summed E-state index contributed by atoms with van der Waals surface area (Å²) in [5.41, 5.74) is 2.42. The third-order valence-electron chi connectivity index (χ3n) is 3.89. The maximum absolute atomic E-state index is 13.0. The van der Waals surface area contributed by atoms with E-state index in [1.807, 2.05) is 25.1 Å². The van der Waals surface area contributed by atoms with Crippen LogP contribution in [0.1, 0.15) is 21.6 Å². The number of rotatable bonds is 5. The average Bonchev–Trinajstić information content (AvgIpc) is 2.63. The second-order valence-electron chi connectivity index (χ2n) is 5.94. The second-order valence-corrected chi connectivity index (χ2v) is 5.94. The minimum Gasteiger partial charge on any atom is -0.350 e. The van der Waals surface area contributed by atoms with Gasteiger partial charge in [0.15, 0.2) is 0 Å². The van der Waals surface area contributed by atoms with E-state index in [9.17, 15) is 14.0 Å². The Balaban J connectivity index is 1.70. The van der Waals surface area contributed by atoms with Gasteiger partial charge in [-0.1, -0.05) is 29.8 Å². The predicted molar refractivity (Wildman–Crippen MR) is 97.0 cm³/mol. The molecule has 0 spiro atoms. The molecule has 1 aromatic heterocycles. The molecule has 1 N–H and O–H groups in total. The highest BCUT2D eigenvalue weighted by Gasteiger charge is 2.10. The third-order valence-corrected chi connectivity index (χ3v) is 3.89. The van der Waals surface area contributed by atoms with Gasteiger partial charge in [-0.2, -0.15) is 9.78 Å². The molecule has 0 saturated heterocycles. The standard InChI is InChI=1S/C20H18FN3O2/c1-14-3-2-4-15(13-14)11-12-22-20(26)18-9-10-19(25)24(23-18)17-7-5-16(21)6-8-17/h2-10,13H,11-12H2,1H3,(H,22,26). The smallest absolute Gasteiger partial charge is 0.271 e. The van der Waals surface area contributed by atoms with Gasteiger partial charge in [0, 0.05) is 12.6 Å². The fourth-order valence-electron chi connectivity index (χ4n) is 2.58. The maximum Gasteiger partial charge on any atom is 0.271 e. The molecule has 0 unspecified atom stereocenters. The molecule has 6 heteroatoms. The van der Waals surface area contributed by atoms with Crippen molar-refractivity contribution < 1.29 is 9.18 Å². The van der Waals surface area contributed by atoms with Crippen molar-refractivity contribution in [1.29, 1.82) is 0 Å². The van der Waals surface area contributed by atoms with Gasteiger partial charge in [0.05, 0.1) is 5.69 Å². The molecule has 0 atom stereocenters. The number of amides is 1. The first-order valence-electron chi connectivity index (χ1n) is 8.23. The van der Waals surface area contributed by atoms with Crippen LogP contribution in [-0.2, 0) is 6.42 Å². The molecule has 0 aliphatic heterocycles. The number of halogens is 1. The molecular formula is C20H18FN3O2. The largest absolute Gasteiger partial charge is 0.350 e. The Morgan fingerprint density at radius 3 is 2.62 bits per heavy atom. The van der Waals surface area contributed by atoms with Crippen LogP contribution in [0.3, 0.4) is 0 Å². The highest BCUT2D eigenvalue weighted by atomic mass is 19.1. The van der Waals surface area contributed by atoms with Gasteiger partial charge in [-0.25, -0.2) is 4.39 Å². The molecule has 3 rings (SSSR count). The van der Waals surface area contributed by atoms with Crippen molar-refractivity contribution in [3.05, 3.63) is 93.7 Å². The molecule has 0 bridgehead atoms. The summed E-state index contributed by atoms with van der Waals surface area (Å²) < 4.78 is 14.1. The molecule has 0 aliphatic carbocycles. The predicted octanol–water partition coefficient (Wildman–Crippen LogP) is 2.65. The fraction of sp³-hybridized carbons (Fsp3) is 0.150. The van der Waals surface area contributed by atoms with Crippen molar-refractivity contribution in [2.75, 3.05) is 6.54 Å². The molecule has 0 saturated carbocycles. The molecular weight excluding hydrogens is 333 g/mol. The summed E-state index contributed by atoms with van der Waals surface area (Å²) >= 11 is 0. The third kappa shape index (κ3) is 4.22. The lowest BCUT2D eigenvalue weighted by atomic mass is 10.1. The van der Waals surface area contributed by atoms with E-state index in [1.165, 1.54) is 42.0 Å². The normalized spacial score (nSPS) is 10.5. The molecule has 0 aliphatic rings. The Kier molecular flexibility index (Phi) is 5.22. The maximum atomic E-state index is 13.0. The van der Waals surface area contributed by atoms with E-state index in [0.29, 0.717) is 18.7 Å². The zero-order valence-corrected chi connectivity index (χ0v) is 14.3. The number of hydrogen-bond acceptors (Lipinski definition) is 3. The summed E-state index contributed by atoms with van der Waals surface area (Å²) in [5, 5.41) is 6.88. The number of carbonyl (C=O) groups excluding carboxylic acids is 1. The molecule has 1 heterocycles. The lowest BCUT2D eigenvalue weighted by Crippen LogP contribution is -2.30. The number of aromatic nitrogens is 2. The minimum atomic E-state index is -0.410. The van der Waals surface area contributed by atoms with E-state index in [1.54, 1.807) is 0 Å². The molecule has 5 nitrogen and oxygen atoms in total. The van der Waals surface area contributed by atoms with E-state index in [2.05, 4.69) is 16.5 Å². The molecule has 3 aromatic rings. The van der Waals surface area contributed by atoms with Gasteiger partial charge < -0.3 is 5.32 Å². The second kappa shape index (κ2) is 7.74. The molecule has 26 heavy (non-hydrogen) atoms. The lowest BCUT2D eigenvalue weighted by molar-refractivity contribution is 0.0947. The summed E-state index contributed by atoms with van der Waals surface area (Å²) in [6.45, 7) is 2.48. The van der Waals surface area contributed by atoms with Gasteiger partial charge in [0.2, 0.25) is 0 Å². The Hall–Kier alpha value is -3.28. The number of carbonyl (C=O) groups is 1. The Morgan fingerprint density at radius 2 is 1.88 bits per heavy atom. The molecule has 0 radical (unpaired) electrons. The van der Waals surface area contributed by atoms with Crippen LogP contribution in [0.5, 0.6) is 0 Å². The van der Waals surface area contributed by atoms with Crippen LogP contribution in [0, 0.1) is 12.7 Å². The summed E-state index contributed by atoms with van der Waals surface area (Å²) in [6.07, 6.45) is 0.699. The number of hydrogen-bond donors (Lipinski definition) is 1. The lowest BCUT2D eigenvalue weighted by Gasteiger charge is -2.08. The summed E-state index contributed by atoms with van der Waals surface area (Å²) in [4.78, 5) is 24.3. The topological polar surface area (TPSA) is 64.0 Å². The Bertz CT molecular complexity index is 981. The molecule has 1 amide bonds. The fourth-order valence-corrected chi connectivity index (χ4v) is 2.58. The number of aryl methyl sites for hydroxylation is 1. The monoisotopic (exact) mass is 351 g/mol. The van der Waals surface area contributed by atoms with E-state index < -0.39 is 11.4 Å². The van der Waals surface area contributed by atoms with Crippen molar-refractivity contribution in [3.8, 4) is 5.69 Å². The van der Waals surface area contributed by atoms with E-state index in [4.69, 9.17) is 0 Å². The zero-order chi connectivity index (χ0) is 18.5. The summed E-state index contributed by atoms with van der Waals surface area (Å²) in [7, 11) is 0. The first-order valence-corrected chi connectivity index (χ1v) is 8.23. The van der Waals surface area contributed by atoms with E-state index in [0.717, 1.165) is 10.2 Å². The first kappa shape index (κ1) is 17.5. The summed E-state index contributed by atoms with van der Waals surface area (Å²) in [5.74, 6) is -0.777. The van der Waals surface area contributed by atoms with Crippen LogP contribution in [0.4, 0.5) is 4.39 Å². The Morgan fingerprint density at radius 1 is 1.12 bits per heavy atom. The van der Waals surface area contributed by atoms with E-state index in [-0.39, 0.29) is 11.6 Å². The average molecular weight is 351 g/mol. The summed E-state index contributed by atoms with van der Waals surface area (Å²) in [6, 6.07) is 16.1. The SMILES string of the molecule is Cc1cccc(CCNC(=O)c2ccc(=O)n(-c3ccc(F)cc3)n2)c1. The molecule has 0 fully saturated rings. The van der Waals surface area contributed by atoms with Gasteiger partial charge in [-0.05, 0) is 49.2 Å². The molecule has 132 valence electrons. The quantitative estimate of drug-likeness (QED) is 0.769. The van der Waals surface area contributed by atoms with Crippen LogP contribution in [0.2, 0.25) is 0 Å². The van der Waals surface area contributed by atoms with Gasteiger partial charge in [-0.15, -0.1) is 0 Å². The van der Waals surface area contributed by atoms with Gasteiger partial charge >= 0.3 is 0 Å². The highest BCUT2D eigenvalue weighted by molar-refractivity contribution is 5.92. The van der Waals surface area contributed by atoms with Crippen molar-refractivity contribution in [3.63, 3.8) is 0 Å². The first-order chi connectivity index (χ1) is 12.5. The Labute approximate surface area is 150 Å². The van der Waals surface area contributed by atoms with Gasteiger partial charge in [0.25, 0.3) is 11.5 Å². The van der Waals surface area contributed by atoms with Crippen molar-refractivity contribution >= 4 is 5.91 Å². The van der Waals surface area contributed by atoms with Gasteiger partial charge in [0.1, 0.15) is 11.5 Å². The van der Waals surface area contributed by atoms with Gasteiger partial charge in [-0.3, -0.25) is 9.59 Å². The number of benzene rings is 2. The van der Waals surface area contributed by atoms with Crippen molar-refractivity contribution in [1.82, 2.24) is 15.1 Å². The highest BCUT2D eigenvalue weighted by Crippen LogP contribution is 2.06. The van der Waals surface area contributed by atoms with Crippen LogP contribution in [-0.4, -0.2) is 22.2 Å². The van der Waals surface area contributed by atoms with Crippen LogP contribution >= 0.6 is 0 Å². The number of nitrogens with zero attached hydrogens (tertiary/aromatic N) is 2. The molecule has 2 aromatic carbocycles.